The molecule has 154 valence electrons. The van der Waals surface area contributed by atoms with Crippen molar-refractivity contribution in [3.8, 4) is 0 Å². The van der Waals surface area contributed by atoms with E-state index >= 15 is 0 Å². The summed E-state index contributed by atoms with van der Waals surface area (Å²) >= 11 is 0. The van der Waals surface area contributed by atoms with Crippen molar-refractivity contribution < 1.29 is 9.84 Å². The lowest BCUT2D eigenvalue weighted by Gasteiger charge is -2.40. The lowest BCUT2D eigenvalue weighted by Crippen LogP contribution is -2.53. The lowest BCUT2D eigenvalue weighted by atomic mass is 9.89. The zero-order chi connectivity index (χ0) is 19.8. The second-order valence-electron chi connectivity index (χ2n) is 8.63. The molecule has 1 saturated heterocycles. The summed E-state index contributed by atoms with van der Waals surface area (Å²) < 4.78 is 8.68. The molecule has 5 aliphatic rings. The molecule has 1 N–H and O–H groups in total. The number of ether oxygens (including phenoxy) is 1. The SMILES string of the molecule is CC1C2=CC=CC1OC1=CC(=CCC1)Cn1cncc1CN1CCN(C2)C(O)C1. The Morgan fingerprint density at radius 2 is 2.14 bits per heavy atom. The quantitative estimate of drug-likeness (QED) is 0.733. The van der Waals surface area contributed by atoms with E-state index in [4.69, 9.17) is 4.74 Å². The molecule has 29 heavy (non-hydrogen) atoms. The number of fused-ring (bicyclic) bond motifs is 2. The molecule has 0 spiro atoms. The van der Waals surface area contributed by atoms with E-state index in [1.165, 1.54) is 16.8 Å². The number of piperazine rings is 1. The summed E-state index contributed by atoms with van der Waals surface area (Å²) in [7, 11) is 0. The van der Waals surface area contributed by atoms with Gasteiger partial charge in [0.1, 0.15) is 12.3 Å². The molecule has 3 aliphatic heterocycles. The zero-order valence-electron chi connectivity index (χ0n) is 17.1. The molecule has 0 radical (unpaired) electrons. The fraction of sp³-hybridized carbons (Fsp3) is 0.522. The second-order valence-corrected chi connectivity index (χ2v) is 8.63. The molecule has 0 aromatic carbocycles. The van der Waals surface area contributed by atoms with Crippen molar-refractivity contribution in [1.29, 1.82) is 0 Å². The maximum Gasteiger partial charge on any atom is 0.123 e. The number of rotatable bonds is 0. The molecule has 0 amide bonds. The molecule has 1 aromatic rings. The molecular formula is C23H30N4O2. The number of imidazole rings is 1. The van der Waals surface area contributed by atoms with E-state index in [1.54, 1.807) is 0 Å². The van der Waals surface area contributed by atoms with Crippen molar-refractivity contribution in [2.75, 3.05) is 26.2 Å². The van der Waals surface area contributed by atoms with Gasteiger partial charge in [-0.25, -0.2) is 4.98 Å². The fourth-order valence-corrected chi connectivity index (χ4v) is 4.74. The Balaban J connectivity index is 1.47. The third-order valence-corrected chi connectivity index (χ3v) is 6.59. The monoisotopic (exact) mass is 394 g/mol. The fourth-order valence-electron chi connectivity index (χ4n) is 4.74. The third-order valence-electron chi connectivity index (χ3n) is 6.59. The standard InChI is InChI=1S/C23H30N4O2/c1-17-19-5-3-7-22(17)29-21-6-2-4-18(10-21)12-27-16-24-11-20(27)14-25-8-9-26(13-19)23(28)15-25/h3-5,7,10-11,16-17,22-23,28H,2,6,8-9,12-15H2,1H3. The topological polar surface area (TPSA) is 53.8 Å². The van der Waals surface area contributed by atoms with Gasteiger partial charge in [0.15, 0.2) is 0 Å². The number of hydrogen-bond donors (Lipinski definition) is 1. The summed E-state index contributed by atoms with van der Waals surface area (Å²) in [4.78, 5) is 8.92. The van der Waals surface area contributed by atoms with E-state index < -0.39 is 6.23 Å². The first-order valence-corrected chi connectivity index (χ1v) is 10.7. The number of aromatic nitrogens is 2. The second kappa shape index (κ2) is 7.94. The Morgan fingerprint density at radius 3 is 3.03 bits per heavy atom. The van der Waals surface area contributed by atoms with Crippen molar-refractivity contribution in [1.82, 2.24) is 19.4 Å². The van der Waals surface area contributed by atoms with Gasteiger partial charge in [-0.05, 0) is 29.7 Å². The maximum absolute atomic E-state index is 10.8. The maximum atomic E-state index is 10.8. The largest absolute Gasteiger partial charge is 0.490 e. The van der Waals surface area contributed by atoms with Gasteiger partial charge < -0.3 is 14.4 Å². The van der Waals surface area contributed by atoms with Crippen LogP contribution in [0.2, 0.25) is 0 Å². The first-order valence-electron chi connectivity index (χ1n) is 10.7. The van der Waals surface area contributed by atoms with Crippen molar-refractivity contribution in [2.24, 2.45) is 5.92 Å². The average Bonchev–Trinajstić information content (AvgIpc) is 3.13. The highest BCUT2D eigenvalue weighted by molar-refractivity contribution is 5.29. The van der Waals surface area contributed by atoms with Gasteiger partial charge in [-0.15, -0.1) is 0 Å². The van der Waals surface area contributed by atoms with E-state index in [2.05, 4.69) is 56.7 Å². The van der Waals surface area contributed by atoms with Crippen LogP contribution < -0.4 is 0 Å². The van der Waals surface area contributed by atoms with Crippen LogP contribution in [0.5, 0.6) is 0 Å². The van der Waals surface area contributed by atoms with Gasteiger partial charge in [0, 0.05) is 57.8 Å². The number of nitrogens with zero attached hydrogens (tertiary/aromatic N) is 4. The Kier molecular flexibility index (Phi) is 5.16. The number of hydrogen-bond acceptors (Lipinski definition) is 5. The van der Waals surface area contributed by atoms with Gasteiger partial charge in [0.2, 0.25) is 0 Å². The molecule has 0 saturated carbocycles. The van der Waals surface area contributed by atoms with Crippen LogP contribution in [-0.2, 0) is 17.8 Å². The highest BCUT2D eigenvalue weighted by Crippen LogP contribution is 2.30. The smallest absolute Gasteiger partial charge is 0.123 e. The summed E-state index contributed by atoms with van der Waals surface area (Å²) in [6, 6.07) is 0. The van der Waals surface area contributed by atoms with Gasteiger partial charge in [0.25, 0.3) is 0 Å². The molecule has 5 atom stereocenters. The van der Waals surface area contributed by atoms with Crippen molar-refractivity contribution >= 4 is 0 Å². The van der Waals surface area contributed by atoms with Gasteiger partial charge >= 0.3 is 0 Å². The minimum Gasteiger partial charge on any atom is -0.490 e. The first kappa shape index (κ1) is 18.9. The molecule has 2 aliphatic carbocycles. The Hall–Kier alpha value is -2.15. The Morgan fingerprint density at radius 1 is 1.21 bits per heavy atom. The van der Waals surface area contributed by atoms with Crippen LogP contribution in [0.25, 0.3) is 0 Å². The Bertz CT molecular complexity index is 881. The van der Waals surface area contributed by atoms with Crippen LogP contribution in [0.3, 0.4) is 0 Å². The number of aliphatic hydroxyl groups is 1. The minimum absolute atomic E-state index is 0.0516. The van der Waals surface area contributed by atoms with Crippen LogP contribution in [0, 0.1) is 5.92 Å². The molecule has 1 aromatic heterocycles. The van der Waals surface area contributed by atoms with Crippen molar-refractivity contribution in [3.05, 3.63) is 65.5 Å². The van der Waals surface area contributed by atoms with Crippen LogP contribution >= 0.6 is 0 Å². The average molecular weight is 395 g/mol. The molecule has 5 unspecified atom stereocenters. The van der Waals surface area contributed by atoms with E-state index in [9.17, 15) is 5.11 Å². The molecular weight excluding hydrogens is 364 g/mol. The normalized spacial score (nSPS) is 34.6. The van der Waals surface area contributed by atoms with Crippen LogP contribution in [0.15, 0.2) is 59.8 Å². The number of aliphatic hydroxyl groups excluding tert-OH is 1. The van der Waals surface area contributed by atoms with Gasteiger partial charge in [-0.1, -0.05) is 25.2 Å². The lowest BCUT2D eigenvalue weighted by molar-refractivity contribution is -0.0552. The summed E-state index contributed by atoms with van der Waals surface area (Å²) in [6.45, 7) is 7.14. The third kappa shape index (κ3) is 3.97. The molecule has 1 fully saturated rings. The highest BCUT2D eigenvalue weighted by atomic mass is 16.5. The zero-order valence-corrected chi connectivity index (χ0v) is 17.1. The van der Waals surface area contributed by atoms with Crippen LogP contribution in [0.4, 0.5) is 0 Å². The Labute approximate surface area is 172 Å². The number of allylic oxidation sites excluding steroid dienone is 6. The van der Waals surface area contributed by atoms with Crippen molar-refractivity contribution in [3.63, 3.8) is 0 Å². The van der Waals surface area contributed by atoms with E-state index in [0.29, 0.717) is 12.5 Å². The summed E-state index contributed by atoms with van der Waals surface area (Å²) in [5, 5.41) is 10.8. The van der Waals surface area contributed by atoms with Gasteiger partial charge in [-0.3, -0.25) is 9.80 Å². The minimum atomic E-state index is -0.448. The van der Waals surface area contributed by atoms with Crippen LogP contribution in [0.1, 0.15) is 25.5 Å². The molecule has 6 bridgehead atoms. The molecule has 6 rings (SSSR count). The summed E-state index contributed by atoms with van der Waals surface area (Å²) in [6.07, 6.45) is 16.5. The van der Waals surface area contributed by atoms with Gasteiger partial charge in [-0.2, -0.15) is 0 Å². The van der Waals surface area contributed by atoms with E-state index in [0.717, 1.165) is 51.3 Å². The van der Waals surface area contributed by atoms with Crippen LogP contribution in [-0.4, -0.2) is 63.0 Å². The van der Waals surface area contributed by atoms with Gasteiger partial charge in [0.05, 0.1) is 17.8 Å². The van der Waals surface area contributed by atoms with Crippen molar-refractivity contribution in [2.45, 2.75) is 45.2 Å². The summed E-state index contributed by atoms with van der Waals surface area (Å²) in [5.74, 6) is 1.37. The highest BCUT2D eigenvalue weighted by Gasteiger charge is 2.30. The van der Waals surface area contributed by atoms with E-state index in [-0.39, 0.29) is 6.10 Å². The first-order chi connectivity index (χ1) is 14.2. The van der Waals surface area contributed by atoms with E-state index in [1.807, 2.05) is 12.5 Å². The molecule has 6 nitrogen and oxygen atoms in total. The predicted octanol–water partition coefficient (Wildman–Crippen LogP) is 2.45. The predicted molar refractivity (Wildman–Crippen MR) is 112 cm³/mol. The molecule has 4 heterocycles. The summed E-state index contributed by atoms with van der Waals surface area (Å²) in [5.41, 5.74) is 3.81. The molecule has 6 heteroatoms.